The first kappa shape index (κ1) is 17.5. The van der Waals surface area contributed by atoms with Gasteiger partial charge in [0.2, 0.25) is 5.88 Å². The Labute approximate surface area is 135 Å². The number of rotatable bonds is 7. The largest absolute Gasteiger partial charge is 0.494 e. The molecule has 2 N–H and O–H groups in total. The maximum Gasteiger partial charge on any atom is 0.331 e. The number of aromatic amines is 1. The summed E-state index contributed by atoms with van der Waals surface area (Å²) in [5.41, 5.74) is -0.571. The van der Waals surface area contributed by atoms with Gasteiger partial charge in [-0.1, -0.05) is 20.3 Å². The van der Waals surface area contributed by atoms with Crippen molar-refractivity contribution in [2.75, 3.05) is 13.2 Å². The molecule has 2 heterocycles. The van der Waals surface area contributed by atoms with Crippen molar-refractivity contribution in [2.24, 2.45) is 4.99 Å². The lowest BCUT2D eigenvalue weighted by Gasteiger charge is -2.13. The minimum Gasteiger partial charge on any atom is -0.494 e. The van der Waals surface area contributed by atoms with Crippen LogP contribution in [0.3, 0.4) is 0 Å². The van der Waals surface area contributed by atoms with Crippen molar-refractivity contribution >= 4 is 5.71 Å². The molecule has 0 aromatic carbocycles. The molecule has 1 atom stereocenters. The first-order valence-electron chi connectivity index (χ1n) is 8.29. The topological polar surface area (TPSA) is 96.7 Å². The summed E-state index contributed by atoms with van der Waals surface area (Å²) >= 11 is 0. The summed E-state index contributed by atoms with van der Waals surface area (Å²) in [6.45, 7) is 5.45. The Morgan fingerprint density at radius 3 is 2.83 bits per heavy atom. The van der Waals surface area contributed by atoms with Gasteiger partial charge in [-0.15, -0.1) is 0 Å². The maximum atomic E-state index is 12.1. The number of nitrogens with one attached hydrogen (secondary N) is 1. The van der Waals surface area contributed by atoms with Gasteiger partial charge in [-0.25, -0.2) is 4.79 Å². The van der Waals surface area contributed by atoms with Crippen LogP contribution in [0.2, 0.25) is 0 Å². The molecule has 0 radical (unpaired) electrons. The second kappa shape index (κ2) is 8.10. The number of unbranched alkanes of at least 4 members (excludes halogenated alkanes) is 1. The van der Waals surface area contributed by atoms with E-state index < -0.39 is 11.2 Å². The van der Waals surface area contributed by atoms with Crippen LogP contribution in [0, 0.1) is 0 Å². The minimum absolute atomic E-state index is 0.0729. The van der Waals surface area contributed by atoms with Crippen molar-refractivity contribution in [3.05, 3.63) is 26.4 Å². The molecule has 2 rings (SSSR count). The number of hydrogen-bond donors (Lipinski definition) is 2. The lowest BCUT2D eigenvalue weighted by molar-refractivity contribution is 0.118. The molecule has 1 aliphatic heterocycles. The highest BCUT2D eigenvalue weighted by atomic mass is 16.5. The van der Waals surface area contributed by atoms with Crippen LogP contribution in [0.15, 0.2) is 14.6 Å². The van der Waals surface area contributed by atoms with Gasteiger partial charge in [0, 0.05) is 13.2 Å². The van der Waals surface area contributed by atoms with Crippen LogP contribution in [-0.2, 0) is 11.3 Å². The monoisotopic (exact) mass is 323 g/mol. The molecular weight excluding hydrogens is 298 g/mol. The summed E-state index contributed by atoms with van der Waals surface area (Å²) in [6.07, 6.45) is 4.18. The van der Waals surface area contributed by atoms with E-state index in [1.165, 1.54) is 4.57 Å². The fraction of sp³-hybridized carbons (Fsp3) is 0.688. The Morgan fingerprint density at radius 2 is 2.22 bits per heavy atom. The van der Waals surface area contributed by atoms with E-state index in [1.807, 2.05) is 13.8 Å². The third-order valence-corrected chi connectivity index (χ3v) is 4.04. The van der Waals surface area contributed by atoms with Crippen molar-refractivity contribution in [2.45, 2.75) is 58.6 Å². The third-order valence-electron chi connectivity index (χ3n) is 4.04. The zero-order chi connectivity index (χ0) is 16.8. The van der Waals surface area contributed by atoms with E-state index in [2.05, 4.69) is 9.98 Å². The molecule has 0 saturated carbocycles. The molecular formula is C16H25N3O4. The Hall–Kier alpha value is -1.89. The van der Waals surface area contributed by atoms with Crippen LogP contribution in [0.5, 0.6) is 5.88 Å². The summed E-state index contributed by atoms with van der Waals surface area (Å²) in [5.74, 6) is -0.292. The Balaban J connectivity index is 2.36. The normalized spacial score (nSPS) is 18.5. The van der Waals surface area contributed by atoms with Gasteiger partial charge in [-0.2, -0.15) is 0 Å². The zero-order valence-electron chi connectivity index (χ0n) is 13.8. The highest BCUT2D eigenvalue weighted by molar-refractivity contribution is 6.01. The summed E-state index contributed by atoms with van der Waals surface area (Å²) in [5, 5.41) is 10.4. The fourth-order valence-electron chi connectivity index (χ4n) is 2.71. The number of ether oxygens (including phenoxy) is 1. The molecule has 23 heavy (non-hydrogen) atoms. The van der Waals surface area contributed by atoms with Crippen molar-refractivity contribution in [1.29, 1.82) is 0 Å². The van der Waals surface area contributed by atoms with Gasteiger partial charge in [0.15, 0.2) is 0 Å². The van der Waals surface area contributed by atoms with E-state index in [1.54, 1.807) is 0 Å². The van der Waals surface area contributed by atoms with Crippen molar-refractivity contribution in [1.82, 2.24) is 9.55 Å². The van der Waals surface area contributed by atoms with Crippen LogP contribution in [-0.4, -0.2) is 39.6 Å². The van der Waals surface area contributed by atoms with E-state index in [9.17, 15) is 14.7 Å². The summed E-state index contributed by atoms with van der Waals surface area (Å²) in [4.78, 5) is 30.8. The van der Waals surface area contributed by atoms with Crippen LogP contribution >= 0.6 is 0 Å². The number of aromatic hydroxyl groups is 1. The molecule has 1 unspecified atom stereocenters. The molecule has 0 spiro atoms. The average molecular weight is 323 g/mol. The lowest BCUT2D eigenvalue weighted by Crippen LogP contribution is -2.34. The molecule has 128 valence electrons. The standard InChI is InChI=1S/C16H25N3O4/c1-3-5-8-19-15(21)13(14(20)18-16(19)22)12(4-2)17-10-11-7-6-9-23-11/h11,21H,3-10H2,1-2H3,(H,18,20,22). The minimum atomic E-state index is -0.590. The van der Waals surface area contributed by atoms with Crippen molar-refractivity contribution in [3.8, 4) is 5.88 Å². The van der Waals surface area contributed by atoms with Crippen molar-refractivity contribution < 1.29 is 9.84 Å². The Bertz CT molecular complexity index is 669. The molecule has 1 aromatic heterocycles. The van der Waals surface area contributed by atoms with Gasteiger partial charge in [0.05, 0.1) is 18.4 Å². The van der Waals surface area contributed by atoms with E-state index in [0.29, 0.717) is 25.2 Å². The summed E-state index contributed by atoms with van der Waals surface area (Å²) in [7, 11) is 0. The first-order chi connectivity index (χ1) is 11.1. The Morgan fingerprint density at radius 1 is 1.43 bits per heavy atom. The molecule has 0 amide bonds. The average Bonchev–Trinajstić information content (AvgIpc) is 3.03. The van der Waals surface area contributed by atoms with Gasteiger partial charge in [-0.05, 0) is 25.7 Å². The SMILES string of the molecule is CCCCn1c(O)c(C(CC)=NCC2CCCO2)c(=O)[nH]c1=O. The molecule has 1 aliphatic rings. The van der Waals surface area contributed by atoms with E-state index in [0.717, 1.165) is 32.3 Å². The lowest BCUT2D eigenvalue weighted by atomic mass is 10.1. The molecule has 0 aliphatic carbocycles. The molecule has 1 fully saturated rings. The summed E-state index contributed by atoms with van der Waals surface area (Å²) < 4.78 is 6.74. The fourth-order valence-corrected chi connectivity index (χ4v) is 2.71. The molecule has 1 aromatic rings. The van der Waals surface area contributed by atoms with Crippen LogP contribution in [0.1, 0.15) is 51.5 Å². The zero-order valence-corrected chi connectivity index (χ0v) is 13.8. The van der Waals surface area contributed by atoms with Gasteiger partial charge < -0.3 is 9.84 Å². The quantitative estimate of drug-likeness (QED) is 0.742. The second-order valence-electron chi connectivity index (χ2n) is 5.74. The number of aliphatic imine (C=N–C) groups is 1. The first-order valence-corrected chi connectivity index (χ1v) is 8.29. The number of H-pyrrole nitrogens is 1. The molecule has 1 saturated heterocycles. The maximum absolute atomic E-state index is 12.1. The molecule has 7 nitrogen and oxygen atoms in total. The number of nitrogens with zero attached hydrogens (tertiary/aromatic N) is 2. The molecule has 0 bridgehead atoms. The smallest absolute Gasteiger partial charge is 0.331 e. The number of hydrogen-bond acceptors (Lipinski definition) is 5. The Kier molecular flexibility index (Phi) is 6.15. The predicted octanol–water partition coefficient (Wildman–Crippen LogP) is 1.42. The van der Waals surface area contributed by atoms with Crippen LogP contribution in [0.4, 0.5) is 0 Å². The third kappa shape index (κ3) is 4.10. The van der Waals surface area contributed by atoms with Gasteiger partial charge >= 0.3 is 5.69 Å². The van der Waals surface area contributed by atoms with E-state index in [4.69, 9.17) is 4.74 Å². The van der Waals surface area contributed by atoms with Gasteiger partial charge in [-0.3, -0.25) is 19.3 Å². The molecule has 7 heteroatoms. The summed E-state index contributed by atoms with van der Waals surface area (Å²) in [6, 6.07) is 0. The van der Waals surface area contributed by atoms with Gasteiger partial charge in [0.25, 0.3) is 5.56 Å². The van der Waals surface area contributed by atoms with E-state index in [-0.39, 0.29) is 17.5 Å². The van der Waals surface area contributed by atoms with Crippen molar-refractivity contribution in [3.63, 3.8) is 0 Å². The highest BCUT2D eigenvalue weighted by Gasteiger charge is 2.20. The number of aromatic nitrogens is 2. The van der Waals surface area contributed by atoms with Crippen LogP contribution < -0.4 is 11.2 Å². The second-order valence-corrected chi connectivity index (χ2v) is 5.74. The highest BCUT2D eigenvalue weighted by Crippen LogP contribution is 2.16. The predicted molar refractivity (Wildman–Crippen MR) is 88.6 cm³/mol. The van der Waals surface area contributed by atoms with E-state index >= 15 is 0 Å². The van der Waals surface area contributed by atoms with Crippen LogP contribution in [0.25, 0.3) is 0 Å². The van der Waals surface area contributed by atoms with Gasteiger partial charge in [0.1, 0.15) is 5.56 Å².